The van der Waals surface area contributed by atoms with Crippen LogP contribution in [0.4, 0.5) is 0 Å². The van der Waals surface area contributed by atoms with E-state index < -0.39 is 54.6 Å². The first kappa shape index (κ1) is 29.2. The molecule has 1 saturated heterocycles. The molecule has 2 aromatic carbocycles. The van der Waals surface area contributed by atoms with Gasteiger partial charge in [-0.2, -0.15) is 0 Å². The normalized spacial score (nSPS) is 24.4. The van der Waals surface area contributed by atoms with Gasteiger partial charge in [-0.3, -0.25) is 14.6 Å². The SMILES string of the molecule is CCc1c(OC)cc(OC2OC(CO)C(O)C(O)C2O)c2c1C(=O)c1cc(C)c(CNC(N)=NC)c(O)c1C2=O. The highest BCUT2D eigenvalue weighted by Crippen LogP contribution is 2.44. The average Bonchev–Trinajstić information content (AvgIpc) is 2.94. The number of carbonyl (C=O) groups is 2. The Morgan fingerprint density at radius 3 is 2.35 bits per heavy atom. The third-order valence-corrected chi connectivity index (χ3v) is 7.26. The second-order valence-corrected chi connectivity index (χ2v) is 9.54. The molecule has 216 valence electrons. The van der Waals surface area contributed by atoms with Gasteiger partial charge in [0, 0.05) is 41.9 Å². The maximum atomic E-state index is 14.0. The van der Waals surface area contributed by atoms with E-state index in [0.717, 1.165) is 0 Å². The number of ether oxygens (including phenoxy) is 3. The molecule has 2 aliphatic rings. The highest BCUT2D eigenvalue weighted by Gasteiger charge is 2.46. The molecule has 0 aromatic heterocycles. The number of ketones is 2. The van der Waals surface area contributed by atoms with Crippen LogP contribution in [0.3, 0.4) is 0 Å². The van der Waals surface area contributed by atoms with Crippen LogP contribution in [-0.4, -0.2) is 94.5 Å². The van der Waals surface area contributed by atoms with Crippen LogP contribution in [0.1, 0.15) is 55.5 Å². The Balaban J connectivity index is 1.88. The van der Waals surface area contributed by atoms with Crippen LogP contribution in [0.2, 0.25) is 0 Å². The lowest BCUT2D eigenvalue weighted by atomic mass is 9.78. The van der Waals surface area contributed by atoms with E-state index in [1.165, 1.54) is 26.3 Å². The monoisotopic (exact) mass is 559 g/mol. The number of phenols is 1. The minimum absolute atomic E-state index is 0.00452. The van der Waals surface area contributed by atoms with Gasteiger partial charge in [-0.25, -0.2) is 0 Å². The van der Waals surface area contributed by atoms with Gasteiger partial charge in [-0.05, 0) is 25.0 Å². The van der Waals surface area contributed by atoms with Gasteiger partial charge in [0.25, 0.3) is 0 Å². The highest BCUT2D eigenvalue weighted by molar-refractivity contribution is 6.31. The second-order valence-electron chi connectivity index (χ2n) is 9.54. The van der Waals surface area contributed by atoms with Crippen LogP contribution in [0, 0.1) is 6.92 Å². The summed E-state index contributed by atoms with van der Waals surface area (Å²) in [7, 11) is 2.86. The summed E-state index contributed by atoms with van der Waals surface area (Å²) in [5.41, 5.74) is 6.58. The van der Waals surface area contributed by atoms with Crippen molar-refractivity contribution in [1.82, 2.24) is 5.32 Å². The number of aromatic hydroxyl groups is 1. The van der Waals surface area contributed by atoms with Crippen molar-refractivity contribution in [1.29, 1.82) is 0 Å². The van der Waals surface area contributed by atoms with Gasteiger partial charge in [0.15, 0.2) is 11.7 Å². The standard InChI is InChI=1S/C27H33N3O10/c1-5-11-14(38-4)7-15(39-26-25(37)24(36)22(34)16(9-31)40-26)19-17(11)20(32)12-6-10(2)13(8-30-27(28)29-3)21(33)18(12)23(19)35/h6-7,16,22,24-26,31,33-34,36-37H,5,8-9H2,1-4H3,(H3,28,29,30). The van der Waals surface area contributed by atoms with E-state index in [9.17, 15) is 35.1 Å². The molecule has 13 nitrogen and oxygen atoms in total. The van der Waals surface area contributed by atoms with Gasteiger partial charge in [0.05, 0.1) is 24.8 Å². The molecular formula is C27H33N3O10. The van der Waals surface area contributed by atoms with Crippen molar-refractivity contribution in [3.05, 3.63) is 51.1 Å². The summed E-state index contributed by atoms with van der Waals surface area (Å²) in [6.07, 6.45) is -7.73. The Bertz CT molecular complexity index is 1370. The van der Waals surface area contributed by atoms with E-state index >= 15 is 0 Å². The smallest absolute Gasteiger partial charge is 0.229 e. The van der Waals surface area contributed by atoms with Crippen molar-refractivity contribution < 1.29 is 49.3 Å². The minimum Gasteiger partial charge on any atom is -0.507 e. The molecule has 0 saturated carbocycles. The lowest BCUT2D eigenvalue weighted by Gasteiger charge is -2.40. The first-order valence-electron chi connectivity index (χ1n) is 12.6. The number of carbonyl (C=O) groups excluding carboxylic acids is 2. The molecule has 2 aromatic rings. The molecule has 5 unspecified atom stereocenters. The van der Waals surface area contributed by atoms with Gasteiger partial charge >= 0.3 is 0 Å². The predicted octanol–water partition coefficient (Wildman–Crippen LogP) is -0.740. The molecule has 1 aliphatic heterocycles. The zero-order valence-corrected chi connectivity index (χ0v) is 22.5. The maximum Gasteiger partial charge on any atom is 0.229 e. The fraction of sp³-hybridized carbons (Fsp3) is 0.444. The van der Waals surface area contributed by atoms with Crippen molar-refractivity contribution in [2.24, 2.45) is 10.7 Å². The van der Waals surface area contributed by atoms with Crippen LogP contribution in [0.15, 0.2) is 17.1 Å². The Kier molecular flexibility index (Phi) is 8.33. The number of aryl methyl sites for hydroxylation is 1. The van der Waals surface area contributed by atoms with E-state index in [-0.39, 0.29) is 46.3 Å². The number of nitrogens with two attached hydrogens (primary N) is 1. The summed E-state index contributed by atoms with van der Waals surface area (Å²) < 4.78 is 16.8. The molecule has 0 amide bonds. The van der Waals surface area contributed by atoms with E-state index in [0.29, 0.717) is 23.1 Å². The number of benzene rings is 2. The molecule has 0 radical (unpaired) electrons. The zero-order valence-electron chi connectivity index (χ0n) is 22.5. The maximum absolute atomic E-state index is 14.0. The number of guanidine groups is 1. The van der Waals surface area contributed by atoms with Crippen molar-refractivity contribution in [3.63, 3.8) is 0 Å². The number of phenolic OH excluding ortho intramolecular Hbond substituents is 1. The number of hydrogen-bond acceptors (Lipinski definition) is 11. The molecule has 5 atom stereocenters. The molecule has 1 heterocycles. The summed E-state index contributed by atoms with van der Waals surface area (Å²) in [5.74, 6) is -1.58. The number of aliphatic hydroxyl groups excluding tert-OH is 4. The molecule has 8 N–H and O–H groups in total. The predicted molar refractivity (Wildman–Crippen MR) is 141 cm³/mol. The van der Waals surface area contributed by atoms with Crippen molar-refractivity contribution >= 4 is 17.5 Å². The summed E-state index contributed by atoms with van der Waals surface area (Å²) in [6, 6.07) is 2.87. The van der Waals surface area contributed by atoms with E-state index in [1.54, 1.807) is 13.8 Å². The van der Waals surface area contributed by atoms with Gasteiger partial charge in [-0.15, -0.1) is 0 Å². The third-order valence-electron chi connectivity index (χ3n) is 7.26. The number of hydrogen-bond donors (Lipinski definition) is 7. The van der Waals surface area contributed by atoms with Crippen LogP contribution in [0.25, 0.3) is 0 Å². The Morgan fingerprint density at radius 1 is 1.05 bits per heavy atom. The van der Waals surface area contributed by atoms with E-state index in [4.69, 9.17) is 19.9 Å². The van der Waals surface area contributed by atoms with Gasteiger partial charge in [0.1, 0.15) is 41.7 Å². The molecule has 0 spiro atoms. The van der Waals surface area contributed by atoms with E-state index in [1.807, 2.05) is 0 Å². The number of aliphatic hydroxyl groups is 4. The number of nitrogens with zero attached hydrogens (tertiary/aromatic N) is 1. The number of rotatable bonds is 7. The lowest BCUT2D eigenvalue weighted by molar-refractivity contribution is -0.277. The fourth-order valence-corrected chi connectivity index (χ4v) is 5.06. The Morgan fingerprint density at radius 2 is 1.75 bits per heavy atom. The van der Waals surface area contributed by atoms with Crippen LogP contribution < -0.4 is 20.5 Å². The summed E-state index contributed by atoms with van der Waals surface area (Å²) in [5, 5.41) is 54.5. The van der Waals surface area contributed by atoms with Crippen molar-refractivity contribution in [3.8, 4) is 17.2 Å². The first-order valence-corrected chi connectivity index (χ1v) is 12.6. The summed E-state index contributed by atoms with van der Waals surface area (Å²) in [6.45, 7) is 2.80. The van der Waals surface area contributed by atoms with Gasteiger partial charge in [-0.1, -0.05) is 6.92 Å². The molecule has 1 aliphatic carbocycles. The van der Waals surface area contributed by atoms with Crippen molar-refractivity contribution in [2.75, 3.05) is 20.8 Å². The third kappa shape index (κ3) is 4.75. The molecular weight excluding hydrogens is 526 g/mol. The first-order chi connectivity index (χ1) is 19.0. The van der Waals surface area contributed by atoms with Gasteiger partial charge < -0.3 is 50.8 Å². The van der Waals surface area contributed by atoms with Gasteiger partial charge in [0.2, 0.25) is 12.1 Å². The molecule has 1 fully saturated rings. The number of methoxy groups -OCH3 is 1. The molecule has 4 rings (SSSR count). The number of aliphatic imine (C=N–C) groups is 1. The van der Waals surface area contributed by atoms with Crippen LogP contribution in [0.5, 0.6) is 17.2 Å². The van der Waals surface area contributed by atoms with Crippen molar-refractivity contribution in [2.45, 2.75) is 57.5 Å². The molecule has 40 heavy (non-hydrogen) atoms. The molecule has 0 bridgehead atoms. The van der Waals surface area contributed by atoms with Crippen LogP contribution in [-0.2, 0) is 17.7 Å². The topological polar surface area (TPSA) is 213 Å². The molecule has 13 heteroatoms. The van der Waals surface area contributed by atoms with E-state index in [2.05, 4.69) is 10.3 Å². The minimum atomic E-state index is -1.77. The number of fused-ring (bicyclic) bond motifs is 2. The summed E-state index contributed by atoms with van der Waals surface area (Å²) >= 11 is 0. The zero-order chi connectivity index (χ0) is 29.5. The largest absolute Gasteiger partial charge is 0.507 e. The lowest BCUT2D eigenvalue weighted by Crippen LogP contribution is -2.60. The van der Waals surface area contributed by atoms with Crippen LogP contribution >= 0.6 is 0 Å². The Hall–Kier alpha value is -3.75. The number of nitrogens with one attached hydrogen (secondary N) is 1. The highest BCUT2D eigenvalue weighted by atomic mass is 16.7. The fourth-order valence-electron chi connectivity index (χ4n) is 5.06. The Labute approximate surface area is 229 Å². The summed E-state index contributed by atoms with van der Waals surface area (Å²) in [4.78, 5) is 31.8. The second kappa shape index (κ2) is 11.4. The quantitative estimate of drug-likeness (QED) is 0.141. The average molecular weight is 560 g/mol.